The van der Waals surface area contributed by atoms with E-state index in [4.69, 9.17) is 10.5 Å². The molecule has 11 heavy (non-hydrogen) atoms. The van der Waals surface area contributed by atoms with Crippen LogP contribution in [0.3, 0.4) is 0 Å². The third kappa shape index (κ3) is 0.991. The lowest BCUT2D eigenvalue weighted by Crippen LogP contribution is -2.45. The van der Waals surface area contributed by atoms with Crippen LogP contribution in [0.2, 0.25) is 0 Å². The van der Waals surface area contributed by atoms with Gasteiger partial charge in [-0.25, -0.2) is 0 Å². The molecule has 0 saturated carbocycles. The van der Waals surface area contributed by atoms with E-state index in [1.165, 1.54) is 12.8 Å². The number of ether oxygens (including phenoxy) is 1. The van der Waals surface area contributed by atoms with E-state index in [-0.39, 0.29) is 0 Å². The minimum atomic E-state index is 0.443. The zero-order chi connectivity index (χ0) is 7.84. The number of nitrogens with one attached hydrogen (secondary N) is 1. The van der Waals surface area contributed by atoms with E-state index in [1.54, 1.807) is 0 Å². The number of hydrogen-bond acceptors (Lipinski definition) is 3. The lowest BCUT2D eigenvalue weighted by atomic mass is 9.85. The van der Waals surface area contributed by atoms with E-state index in [2.05, 4.69) is 5.32 Å². The average Bonchev–Trinajstić information content (AvgIpc) is 2.60. The topological polar surface area (TPSA) is 47.3 Å². The maximum atomic E-state index is 5.74. The summed E-state index contributed by atoms with van der Waals surface area (Å²) in [6.07, 6.45) is 3.32. The molecular weight excluding hydrogens is 140 g/mol. The summed E-state index contributed by atoms with van der Waals surface area (Å²) in [6.45, 7) is 0.757. The van der Waals surface area contributed by atoms with E-state index in [1.807, 2.05) is 7.05 Å². The number of hydrogen-bond donors (Lipinski definition) is 2. The van der Waals surface area contributed by atoms with Gasteiger partial charge in [0.15, 0.2) is 0 Å². The number of fused-ring (bicyclic) bond motifs is 2. The van der Waals surface area contributed by atoms with Gasteiger partial charge in [-0.3, -0.25) is 0 Å². The molecule has 3 N–H and O–H groups in total. The molecule has 0 radical (unpaired) electrons. The van der Waals surface area contributed by atoms with Crippen LogP contribution < -0.4 is 11.1 Å². The van der Waals surface area contributed by atoms with Crippen molar-refractivity contribution in [3.05, 3.63) is 0 Å². The van der Waals surface area contributed by atoms with Crippen molar-refractivity contribution in [3.63, 3.8) is 0 Å². The molecule has 2 rings (SSSR count). The predicted octanol–water partition coefficient (Wildman–Crippen LogP) is -0.289. The molecule has 2 bridgehead atoms. The summed E-state index contributed by atoms with van der Waals surface area (Å²) in [5, 5.41) is 3.29. The van der Waals surface area contributed by atoms with Gasteiger partial charge in [0.2, 0.25) is 0 Å². The second-order valence-corrected chi connectivity index (χ2v) is 3.50. The average molecular weight is 156 g/mol. The fourth-order valence-corrected chi connectivity index (χ4v) is 2.47. The van der Waals surface area contributed by atoms with Crippen LogP contribution in [0.15, 0.2) is 0 Å². The Labute approximate surface area is 67.3 Å². The Kier molecular flexibility index (Phi) is 1.87. The van der Waals surface area contributed by atoms with Crippen LogP contribution in [0.4, 0.5) is 0 Å². The highest BCUT2D eigenvalue weighted by atomic mass is 16.5. The zero-order valence-corrected chi connectivity index (χ0v) is 6.92. The molecule has 4 atom stereocenters. The van der Waals surface area contributed by atoms with Crippen LogP contribution in [0, 0.1) is 5.92 Å². The van der Waals surface area contributed by atoms with Gasteiger partial charge in [0.25, 0.3) is 0 Å². The number of nitrogens with two attached hydrogens (primary N) is 1. The molecule has 0 aliphatic carbocycles. The standard InChI is InChI=1S/C8H16N2O/c1-10-8-5(4-9)6-2-3-7(8)11-6/h5-8,10H,2-4,9H2,1H3. The Bertz CT molecular complexity index is 135. The highest BCUT2D eigenvalue weighted by Crippen LogP contribution is 2.38. The molecule has 2 aliphatic heterocycles. The summed E-state index contributed by atoms with van der Waals surface area (Å²) in [5.41, 5.74) is 5.67. The van der Waals surface area contributed by atoms with E-state index >= 15 is 0 Å². The molecule has 3 heteroatoms. The first-order valence-electron chi connectivity index (χ1n) is 4.39. The van der Waals surface area contributed by atoms with Crippen LogP contribution in [0.5, 0.6) is 0 Å². The molecule has 2 aliphatic rings. The van der Waals surface area contributed by atoms with Crippen LogP contribution >= 0.6 is 0 Å². The van der Waals surface area contributed by atoms with Gasteiger partial charge in [-0.15, -0.1) is 0 Å². The van der Waals surface area contributed by atoms with Crippen LogP contribution in [0.25, 0.3) is 0 Å². The van der Waals surface area contributed by atoms with E-state index < -0.39 is 0 Å². The minimum Gasteiger partial charge on any atom is -0.373 e. The van der Waals surface area contributed by atoms with Crippen LogP contribution in [-0.2, 0) is 4.74 Å². The van der Waals surface area contributed by atoms with Gasteiger partial charge in [-0.05, 0) is 26.4 Å². The quantitative estimate of drug-likeness (QED) is 0.577. The summed E-state index contributed by atoms with van der Waals surface area (Å²) < 4.78 is 5.74. The van der Waals surface area contributed by atoms with Crippen LogP contribution in [0.1, 0.15) is 12.8 Å². The summed E-state index contributed by atoms with van der Waals surface area (Å²) in [7, 11) is 2.00. The Morgan fingerprint density at radius 3 is 2.73 bits per heavy atom. The number of rotatable bonds is 2. The summed E-state index contributed by atoms with van der Waals surface area (Å²) >= 11 is 0. The highest BCUT2D eigenvalue weighted by molar-refractivity contribution is 5.00. The smallest absolute Gasteiger partial charge is 0.0737 e. The molecule has 2 saturated heterocycles. The molecule has 4 unspecified atom stereocenters. The van der Waals surface area contributed by atoms with Crippen molar-refractivity contribution in [3.8, 4) is 0 Å². The SMILES string of the molecule is CNC1C2CCC(O2)C1CN. The fraction of sp³-hybridized carbons (Fsp3) is 1.00. The van der Waals surface area contributed by atoms with E-state index in [0.717, 1.165) is 6.54 Å². The minimum absolute atomic E-state index is 0.443. The first kappa shape index (κ1) is 7.53. The molecular formula is C8H16N2O. The van der Waals surface area contributed by atoms with E-state index in [0.29, 0.717) is 24.2 Å². The molecule has 0 spiro atoms. The predicted molar refractivity (Wildman–Crippen MR) is 43.3 cm³/mol. The van der Waals surface area contributed by atoms with Gasteiger partial charge < -0.3 is 15.8 Å². The fourth-order valence-electron chi connectivity index (χ4n) is 2.47. The molecule has 0 amide bonds. The summed E-state index contributed by atoms with van der Waals surface area (Å²) in [4.78, 5) is 0. The molecule has 64 valence electrons. The molecule has 0 aromatic rings. The maximum absolute atomic E-state index is 5.74. The Balaban J connectivity index is 2.08. The van der Waals surface area contributed by atoms with Crippen molar-refractivity contribution in [2.75, 3.05) is 13.6 Å². The Morgan fingerprint density at radius 1 is 1.45 bits per heavy atom. The number of likely N-dealkylation sites (N-methyl/N-ethyl adjacent to an activating group) is 1. The first-order valence-corrected chi connectivity index (χ1v) is 4.39. The van der Waals surface area contributed by atoms with Crippen LogP contribution in [-0.4, -0.2) is 31.8 Å². The lowest BCUT2D eigenvalue weighted by Gasteiger charge is -2.25. The normalized spacial score (nSPS) is 48.5. The lowest BCUT2D eigenvalue weighted by molar-refractivity contribution is 0.0907. The van der Waals surface area contributed by atoms with Crippen molar-refractivity contribution in [2.45, 2.75) is 31.1 Å². The second-order valence-electron chi connectivity index (χ2n) is 3.50. The second kappa shape index (κ2) is 2.73. The van der Waals surface area contributed by atoms with Crippen molar-refractivity contribution < 1.29 is 4.74 Å². The molecule has 2 fully saturated rings. The Hall–Kier alpha value is -0.120. The molecule has 0 aromatic carbocycles. The third-order valence-electron chi connectivity index (χ3n) is 3.03. The maximum Gasteiger partial charge on any atom is 0.0737 e. The van der Waals surface area contributed by atoms with Crippen molar-refractivity contribution in [2.24, 2.45) is 11.7 Å². The summed E-state index contributed by atoms with van der Waals surface area (Å²) in [6, 6.07) is 0.513. The van der Waals surface area contributed by atoms with Gasteiger partial charge in [0.05, 0.1) is 12.2 Å². The van der Waals surface area contributed by atoms with Gasteiger partial charge in [-0.1, -0.05) is 0 Å². The largest absolute Gasteiger partial charge is 0.373 e. The highest BCUT2D eigenvalue weighted by Gasteiger charge is 2.47. The van der Waals surface area contributed by atoms with Crippen molar-refractivity contribution in [1.82, 2.24) is 5.32 Å². The third-order valence-corrected chi connectivity index (χ3v) is 3.03. The zero-order valence-electron chi connectivity index (χ0n) is 6.92. The van der Waals surface area contributed by atoms with Gasteiger partial charge >= 0.3 is 0 Å². The molecule has 0 aromatic heterocycles. The summed E-state index contributed by atoms with van der Waals surface area (Å²) in [5.74, 6) is 0.554. The molecule has 3 nitrogen and oxygen atoms in total. The van der Waals surface area contributed by atoms with Crippen molar-refractivity contribution >= 4 is 0 Å². The van der Waals surface area contributed by atoms with E-state index in [9.17, 15) is 0 Å². The molecule has 2 heterocycles. The van der Waals surface area contributed by atoms with Gasteiger partial charge in [-0.2, -0.15) is 0 Å². The van der Waals surface area contributed by atoms with Gasteiger partial charge in [0.1, 0.15) is 0 Å². The first-order chi connectivity index (χ1) is 5.36. The van der Waals surface area contributed by atoms with Crippen molar-refractivity contribution in [1.29, 1.82) is 0 Å². The Morgan fingerprint density at radius 2 is 2.18 bits per heavy atom. The monoisotopic (exact) mass is 156 g/mol. The van der Waals surface area contributed by atoms with Gasteiger partial charge in [0, 0.05) is 12.0 Å².